The number of carbonyl (C=O) groups excluding carboxylic acids is 1. The average molecular weight is 406 g/mol. The summed E-state index contributed by atoms with van der Waals surface area (Å²) in [6, 6.07) is 14.2. The number of amides is 1. The Bertz CT molecular complexity index is 1010. The summed E-state index contributed by atoms with van der Waals surface area (Å²) in [6.07, 6.45) is 3.03. The fourth-order valence-electron chi connectivity index (χ4n) is 2.62. The van der Waals surface area contributed by atoms with E-state index in [0.29, 0.717) is 29.5 Å². The molecule has 1 heterocycles. The molecule has 0 aliphatic rings. The van der Waals surface area contributed by atoms with Crippen LogP contribution >= 0.6 is 0 Å². The number of nitrogens with one attached hydrogen (secondary N) is 1. The van der Waals surface area contributed by atoms with Gasteiger partial charge in [-0.05, 0) is 49.4 Å². The summed E-state index contributed by atoms with van der Waals surface area (Å²) in [5, 5.41) is 3.99. The molecule has 1 amide bonds. The molecule has 2 aromatic carbocycles. The van der Waals surface area contributed by atoms with Crippen LogP contribution < -0.4 is 19.6 Å². The lowest BCUT2D eigenvalue weighted by Crippen LogP contribution is -2.19. The number of carbonyl (C=O) groups is 1. The van der Waals surface area contributed by atoms with Crippen LogP contribution in [0.5, 0.6) is 17.2 Å². The normalized spacial score (nSPS) is 10.6. The number of benzene rings is 2. The van der Waals surface area contributed by atoms with E-state index in [9.17, 15) is 4.79 Å². The number of ether oxygens (including phenoxy) is 3. The van der Waals surface area contributed by atoms with Gasteiger partial charge in [0.2, 0.25) is 0 Å². The van der Waals surface area contributed by atoms with Gasteiger partial charge in [0.25, 0.3) is 5.91 Å². The number of rotatable bonds is 8. The lowest BCUT2D eigenvalue weighted by molar-refractivity contribution is 0.0950. The highest BCUT2D eigenvalue weighted by Crippen LogP contribution is 2.21. The molecule has 8 heteroatoms. The predicted octanol–water partition coefficient (Wildman–Crippen LogP) is 3.32. The second kappa shape index (κ2) is 10.0. The molecule has 0 aliphatic heterocycles. The molecule has 0 bridgehead atoms. The molecule has 0 spiro atoms. The van der Waals surface area contributed by atoms with Crippen molar-refractivity contribution in [2.75, 3.05) is 20.8 Å². The highest BCUT2D eigenvalue weighted by molar-refractivity contribution is 5.93. The van der Waals surface area contributed by atoms with Crippen molar-refractivity contribution in [2.24, 2.45) is 5.10 Å². The van der Waals surface area contributed by atoms with Gasteiger partial charge in [0.15, 0.2) is 5.82 Å². The van der Waals surface area contributed by atoms with Crippen LogP contribution in [0.4, 0.5) is 0 Å². The van der Waals surface area contributed by atoms with Crippen molar-refractivity contribution >= 4 is 12.1 Å². The molecule has 8 nitrogen and oxygen atoms in total. The molecule has 154 valence electrons. The summed E-state index contributed by atoms with van der Waals surface area (Å²) in [7, 11) is 3.13. The second-order valence-electron chi connectivity index (χ2n) is 6.07. The molecule has 0 saturated carbocycles. The van der Waals surface area contributed by atoms with E-state index in [1.807, 2.05) is 31.2 Å². The minimum absolute atomic E-state index is 0.203. The average Bonchev–Trinajstić information content (AvgIpc) is 2.79. The summed E-state index contributed by atoms with van der Waals surface area (Å²) in [5.41, 5.74) is 4.16. The first-order chi connectivity index (χ1) is 14.6. The maximum absolute atomic E-state index is 12.4. The Hall–Kier alpha value is -3.94. The van der Waals surface area contributed by atoms with E-state index < -0.39 is 5.91 Å². The van der Waals surface area contributed by atoms with Crippen molar-refractivity contribution in [3.63, 3.8) is 0 Å². The van der Waals surface area contributed by atoms with Gasteiger partial charge >= 0.3 is 0 Å². The third kappa shape index (κ3) is 5.32. The minimum atomic E-state index is -0.448. The first-order valence-electron chi connectivity index (χ1n) is 9.25. The van der Waals surface area contributed by atoms with Crippen LogP contribution in [-0.2, 0) is 0 Å². The van der Waals surface area contributed by atoms with Gasteiger partial charge < -0.3 is 14.2 Å². The lowest BCUT2D eigenvalue weighted by atomic mass is 10.2. The van der Waals surface area contributed by atoms with Gasteiger partial charge in [0, 0.05) is 23.4 Å². The van der Waals surface area contributed by atoms with E-state index in [1.165, 1.54) is 18.5 Å². The largest absolute Gasteiger partial charge is 0.497 e. The molecule has 1 aromatic heterocycles. The predicted molar refractivity (Wildman–Crippen MR) is 113 cm³/mol. The van der Waals surface area contributed by atoms with Gasteiger partial charge in [0.1, 0.15) is 22.9 Å². The van der Waals surface area contributed by atoms with Gasteiger partial charge in [-0.2, -0.15) is 5.10 Å². The summed E-state index contributed by atoms with van der Waals surface area (Å²) in [4.78, 5) is 21.0. The smallest absolute Gasteiger partial charge is 0.290 e. The molecule has 30 heavy (non-hydrogen) atoms. The SMILES string of the molecule is CCOc1ccc(-c2nccc(C(=O)N/N=C/c3cc(OC)cc(OC)c3)n2)cc1. The van der Waals surface area contributed by atoms with E-state index in [2.05, 4.69) is 20.5 Å². The Balaban J connectivity index is 1.70. The van der Waals surface area contributed by atoms with E-state index in [0.717, 1.165) is 11.3 Å². The van der Waals surface area contributed by atoms with Crippen molar-refractivity contribution in [2.45, 2.75) is 6.92 Å². The molecule has 0 atom stereocenters. The number of aromatic nitrogens is 2. The fraction of sp³-hybridized carbons (Fsp3) is 0.182. The summed E-state index contributed by atoms with van der Waals surface area (Å²) in [5.74, 6) is 2.00. The van der Waals surface area contributed by atoms with Crippen LogP contribution in [0, 0.1) is 0 Å². The first-order valence-corrected chi connectivity index (χ1v) is 9.25. The molecular weight excluding hydrogens is 384 g/mol. The summed E-state index contributed by atoms with van der Waals surface area (Å²) < 4.78 is 15.9. The molecule has 0 fully saturated rings. The summed E-state index contributed by atoms with van der Waals surface area (Å²) in [6.45, 7) is 2.51. The Kier molecular flexibility index (Phi) is 6.94. The Morgan fingerprint density at radius 2 is 1.73 bits per heavy atom. The van der Waals surface area contributed by atoms with Crippen LogP contribution in [0.3, 0.4) is 0 Å². The van der Waals surface area contributed by atoms with Crippen molar-refractivity contribution in [1.29, 1.82) is 0 Å². The van der Waals surface area contributed by atoms with Crippen molar-refractivity contribution in [3.8, 4) is 28.6 Å². The van der Waals surface area contributed by atoms with Crippen LogP contribution in [0.1, 0.15) is 23.0 Å². The topological polar surface area (TPSA) is 94.9 Å². The monoisotopic (exact) mass is 406 g/mol. The molecule has 0 unspecified atom stereocenters. The first kappa shape index (κ1) is 20.8. The molecule has 3 aromatic rings. The van der Waals surface area contributed by atoms with Crippen LogP contribution in [0.25, 0.3) is 11.4 Å². The number of hydrogen-bond acceptors (Lipinski definition) is 7. The molecule has 0 radical (unpaired) electrons. The highest BCUT2D eigenvalue weighted by Gasteiger charge is 2.09. The zero-order chi connectivity index (χ0) is 21.3. The summed E-state index contributed by atoms with van der Waals surface area (Å²) >= 11 is 0. The molecule has 3 rings (SSSR count). The molecular formula is C22H22N4O4. The van der Waals surface area contributed by atoms with Crippen molar-refractivity contribution in [1.82, 2.24) is 15.4 Å². The van der Waals surface area contributed by atoms with Crippen LogP contribution in [0.2, 0.25) is 0 Å². The minimum Gasteiger partial charge on any atom is -0.497 e. The van der Waals surface area contributed by atoms with Crippen molar-refractivity contribution < 1.29 is 19.0 Å². The number of methoxy groups -OCH3 is 2. The van der Waals surface area contributed by atoms with Crippen LogP contribution in [-0.4, -0.2) is 42.9 Å². The zero-order valence-corrected chi connectivity index (χ0v) is 17.0. The second-order valence-corrected chi connectivity index (χ2v) is 6.07. The molecule has 0 saturated heterocycles. The Morgan fingerprint density at radius 3 is 2.37 bits per heavy atom. The third-order valence-corrected chi connectivity index (χ3v) is 4.07. The number of nitrogens with zero attached hydrogens (tertiary/aromatic N) is 3. The maximum atomic E-state index is 12.4. The third-order valence-electron chi connectivity index (χ3n) is 4.07. The van der Waals surface area contributed by atoms with E-state index in [1.54, 1.807) is 32.4 Å². The van der Waals surface area contributed by atoms with Gasteiger partial charge in [0.05, 0.1) is 27.0 Å². The van der Waals surface area contributed by atoms with Gasteiger partial charge in [-0.3, -0.25) is 4.79 Å². The highest BCUT2D eigenvalue weighted by atomic mass is 16.5. The molecule has 1 N–H and O–H groups in total. The zero-order valence-electron chi connectivity index (χ0n) is 17.0. The Morgan fingerprint density at radius 1 is 1.03 bits per heavy atom. The van der Waals surface area contributed by atoms with Gasteiger partial charge in [-0.25, -0.2) is 15.4 Å². The fourth-order valence-corrected chi connectivity index (χ4v) is 2.62. The molecule has 0 aliphatic carbocycles. The number of hydrogen-bond donors (Lipinski definition) is 1. The van der Waals surface area contributed by atoms with E-state index in [-0.39, 0.29) is 5.69 Å². The quantitative estimate of drug-likeness (QED) is 0.455. The Labute approximate surface area is 174 Å². The van der Waals surface area contributed by atoms with E-state index >= 15 is 0 Å². The van der Waals surface area contributed by atoms with E-state index in [4.69, 9.17) is 14.2 Å². The maximum Gasteiger partial charge on any atom is 0.290 e. The van der Waals surface area contributed by atoms with Crippen molar-refractivity contribution in [3.05, 3.63) is 66.0 Å². The van der Waals surface area contributed by atoms with Gasteiger partial charge in [-0.1, -0.05) is 0 Å². The lowest BCUT2D eigenvalue weighted by Gasteiger charge is -2.06. The van der Waals surface area contributed by atoms with Gasteiger partial charge in [-0.15, -0.1) is 0 Å². The number of hydrazone groups is 1. The standard InChI is InChI=1S/C22H22N4O4/c1-4-30-17-7-5-16(6-8-17)21-23-10-9-20(25-21)22(27)26-24-14-15-11-18(28-2)13-19(12-15)29-3/h5-14H,4H2,1-3H3,(H,26,27)/b24-14+. The van der Waals surface area contributed by atoms with Crippen LogP contribution in [0.15, 0.2) is 59.8 Å².